The van der Waals surface area contributed by atoms with E-state index in [0.29, 0.717) is 18.7 Å². The highest BCUT2D eigenvalue weighted by molar-refractivity contribution is 7.13. The molecule has 2 heterocycles. The first-order valence-corrected chi connectivity index (χ1v) is 9.34. The first-order chi connectivity index (χ1) is 11.8. The number of rotatable bonds is 7. The Kier molecular flexibility index (Phi) is 5.69. The number of aromatic nitrogens is 1. The van der Waals surface area contributed by atoms with Crippen LogP contribution in [-0.4, -0.2) is 37.1 Å². The van der Waals surface area contributed by atoms with Crippen LogP contribution >= 0.6 is 11.3 Å². The van der Waals surface area contributed by atoms with Gasteiger partial charge in [-0.25, -0.2) is 4.98 Å². The summed E-state index contributed by atoms with van der Waals surface area (Å²) in [6.45, 7) is 5.33. The number of amides is 1. The highest BCUT2D eigenvalue weighted by Gasteiger charge is 2.15. The van der Waals surface area contributed by atoms with Gasteiger partial charge >= 0.3 is 0 Å². The van der Waals surface area contributed by atoms with Crippen molar-refractivity contribution < 1.29 is 9.53 Å². The Morgan fingerprint density at radius 3 is 3.00 bits per heavy atom. The molecule has 0 bridgehead atoms. The first-order valence-electron chi connectivity index (χ1n) is 8.46. The largest absolute Gasteiger partial charge is 0.494 e. The predicted molar refractivity (Wildman–Crippen MR) is 97.2 cm³/mol. The van der Waals surface area contributed by atoms with Gasteiger partial charge in [0.1, 0.15) is 5.75 Å². The summed E-state index contributed by atoms with van der Waals surface area (Å²) < 4.78 is 5.43. The molecule has 0 atom stereocenters. The summed E-state index contributed by atoms with van der Waals surface area (Å²) in [5.41, 5.74) is 1.67. The number of benzene rings is 1. The van der Waals surface area contributed by atoms with Crippen molar-refractivity contribution in [3.8, 4) is 5.75 Å². The third kappa shape index (κ3) is 4.26. The number of thiazole rings is 1. The molecule has 6 heteroatoms. The van der Waals surface area contributed by atoms with Gasteiger partial charge in [-0.3, -0.25) is 4.79 Å². The van der Waals surface area contributed by atoms with Gasteiger partial charge in [-0.15, -0.1) is 11.3 Å². The summed E-state index contributed by atoms with van der Waals surface area (Å²) in [6.07, 6.45) is 3.26. The fourth-order valence-corrected chi connectivity index (χ4v) is 3.68. The van der Waals surface area contributed by atoms with E-state index in [0.717, 1.165) is 36.1 Å². The van der Waals surface area contributed by atoms with Crippen molar-refractivity contribution in [3.05, 3.63) is 40.9 Å². The van der Waals surface area contributed by atoms with Gasteiger partial charge in [-0.1, -0.05) is 6.07 Å². The van der Waals surface area contributed by atoms with E-state index in [1.165, 1.54) is 12.8 Å². The third-order valence-corrected chi connectivity index (χ3v) is 4.94. The monoisotopic (exact) mass is 345 g/mol. The summed E-state index contributed by atoms with van der Waals surface area (Å²) in [5.74, 6) is 0.645. The number of nitrogens with zero attached hydrogens (tertiary/aromatic N) is 2. The van der Waals surface area contributed by atoms with Crippen LogP contribution < -0.4 is 15.0 Å². The van der Waals surface area contributed by atoms with Crippen LogP contribution in [0.2, 0.25) is 0 Å². The molecule has 5 nitrogen and oxygen atoms in total. The van der Waals surface area contributed by atoms with Crippen molar-refractivity contribution in [3.63, 3.8) is 0 Å². The van der Waals surface area contributed by atoms with E-state index in [-0.39, 0.29) is 5.91 Å². The van der Waals surface area contributed by atoms with Crippen LogP contribution in [0, 0.1) is 0 Å². The fraction of sp³-hybridized carbons (Fsp3) is 0.444. The van der Waals surface area contributed by atoms with Crippen molar-refractivity contribution in [1.82, 2.24) is 10.3 Å². The molecule has 0 saturated carbocycles. The summed E-state index contributed by atoms with van der Waals surface area (Å²) >= 11 is 1.70. The number of carbonyl (C=O) groups excluding carboxylic acids is 1. The van der Waals surface area contributed by atoms with Crippen molar-refractivity contribution >= 4 is 22.4 Å². The molecule has 1 N–H and O–H groups in total. The Balaban J connectivity index is 1.49. The Morgan fingerprint density at radius 2 is 2.21 bits per heavy atom. The quantitative estimate of drug-likeness (QED) is 0.838. The molecule has 1 saturated heterocycles. The molecule has 1 fully saturated rings. The lowest BCUT2D eigenvalue weighted by Crippen LogP contribution is -2.25. The van der Waals surface area contributed by atoms with E-state index in [4.69, 9.17) is 4.74 Å². The molecule has 0 unspecified atom stereocenters. The maximum atomic E-state index is 12.2. The second-order valence-electron chi connectivity index (χ2n) is 5.78. The summed E-state index contributed by atoms with van der Waals surface area (Å²) in [7, 11) is 0. The smallest absolute Gasteiger partial charge is 0.251 e. The molecule has 1 aliphatic rings. The molecule has 2 aromatic rings. The Labute approximate surface area is 146 Å². The highest BCUT2D eigenvalue weighted by Crippen LogP contribution is 2.24. The van der Waals surface area contributed by atoms with Crippen molar-refractivity contribution in [2.24, 2.45) is 0 Å². The molecule has 0 aliphatic carbocycles. The number of hydrogen-bond donors (Lipinski definition) is 1. The summed E-state index contributed by atoms with van der Waals surface area (Å²) in [4.78, 5) is 19.2. The molecule has 1 aliphatic heterocycles. The number of carbonyl (C=O) groups is 1. The van der Waals surface area contributed by atoms with Gasteiger partial charge in [0.2, 0.25) is 0 Å². The standard InChI is InChI=1S/C18H23N3O2S/c1-2-23-16-7-5-6-14(12-16)17(22)19-9-8-15-13-24-18(20-15)21-10-3-4-11-21/h5-7,12-13H,2-4,8-11H2,1H3,(H,19,22). The molecular formula is C18H23N3O2S. The first kappa shape index (κ1) is 16.8. The van der Waals surface area contributed by atoms with Gasteiger partial charge < -0.3 is 15.0 Å². The van der Waals surface area contributed by atoms with E-state index in [9.17, 15) is 4.79 Å². The van der Waals surface area contributed by atoms with E-state index in [2.05, 4.69) is 20.6 Å². The average Bonchev–Trinajstić information content (AvgIpc) is 3.27. The van der Waals surface area contributed by atoms with Crippen molar-refractivity contribution in [2.75, 3.05) is 31.1 Å². The third-order valence-electron chi connectivity index (χ3n) is 3.99. The van der Waals surface area contributed by atoms with Crippen LogP contribution in [-0.2, 0) is 6.42 Å². The molecular weight excluding hydrogens is 322 g/mol. The number of hydrogen-bond acceptors (Lipinski definition) is 5. The second-order valence-corrected chi connectivity index (χ2v) is 6.62. The SMILES string of the molecule is CCOc1cccc(C(=O)NCCc2csc(N3CCCC3)n2)c1. The minimum absolute atomic E-state index is 0.0773. The Hall–Kier alpha value is -2.08. The zero-order valence-corrected chi connectivity index (χ0v) is 14.8. The minimum atomic E-state index is -0.0773. The molecule has 1 aromatic heterocycles. The average molecular weight is 345 g/mol. The van der Waals surface area contributed by atoms with Crippen LogP contribution in [0.5, 0.6) is 5.75 Å². The van der Waals surface area contributed by atoms with Crippen LogP contribution in [0.25, 0.3) is 0 Å². The summed E-state index contributed by atoms with van der Waals surface area (Å²) in [6, 6.07) is 7.26. The molecule has 3 rings (SSSR count). The Bertz CT molecular complexity index is 680. The second kappa shape index (κ2) is 8.15. The van der Waals surface area contributed by atoms with Gasteiger partial charge in [0.05, 0.1) is 12.3 Å². The fourth-order valence-electron chi connectivity index (χ4n) is 2.76. The summed E-state index contributed by atoms with van der Waals surface area (Å²) in [5, 5.41) is 6.15. The molecule has 0 spiro atoms. The van der Waals surface area contributed by atoms with Gasteiger partial charge in [-0.05, 0) is 38.0 Å². The van der Waals surface area contributed by atoms with Gasteiger partial charge in [0.25, 0.3) is 5.91 Å². The predicted octanol–water partition coefficient (Wildman–Crippen LogP) is 3.11. The molecule has 1 aromatic carbocycles. The maximum absolute atomic E-state index is 12.2. The van der Waals surface area contributed by atoms with Crippen LogP contribution in [0.4, 0.5) is 5.13 Å². The lowest BCUT2D eigenvalue weighted by molar-refractivity contribution is 0.0953. The lowest BCUT2D eigenvalue weighted by Gasteiger charge is -2.12. The molecule has 0 radical (unpaired) electrons. The zero-order chi connectivity index (χ0) is 16.8. The van der Waals surface area contributed by atoms with Crippen LogP contribution in [0.3, 0.4) is 0 Å². The maximum Gasteiger partial charge on any atom is 0.251 e. The van der Waals surface area contributed by atoms with Crippen molar-refractivity contribution in [1.29, 1.82) is 0 Å². The number of anilines is 1. The van der Waals surface area contributed by atoms with Crippen LogP contribution in [0.15, 0.2) is 29.6 Å². The zero-order valence-electron chi connectivity index (χ0n) is 14.0. The van der Waals surface area contributed by atoms with E-state index in [1.807, 2.05) is 19.1 Å². The van der Waals surface area contributed by atoms with E-state index in [1.54, 1.807) is 23.5 Å². The van der Waals surface area contributed by atoms with Gasteiger partial charge in [0.15, 0.2) is 5.13 Å². The van der Waals surface area contributed by atoms with Crippen LogP contribution in [0.1, 0.15) is 35.8 Å². The lowest BCUT2D eigenvalue weighted by atomic mass is 10.2. The normalized spacial score (nSPS) is 14.0. The molecule has 1 amide bonds. The number of ether oxygens (including phenoxy) is 1. The van der Waals surface area contributed by atoms with Gasteiger partial charge in [-0.2, -0.15) is 0 Å². The number of nitrogens with one attached hydrogen (secondary N) is 1. The van der Waals surface area contributed by atoms with E-state index < -0.39 is 0 Å². The minimum Gasteiger partial charge on any atom is -0.494 e. The highest BCUT2D eigenvalue weighted by atomic mass is 32.1. The Morgan fingerprint density at radius 1 is 1.38 bits per heavy atom. The van der Waals surface area contributed by atoms with Gasteiger partial charge in [0, 0.05) is 37.0 Å². The topological polar surface area (TPSA) is 54.5 Å². The van der Waals surface area contributed by atoms with E-state index >= 15 is 0 Å². The van der Waals surface area contributed by atoms with Crippen molar-refractivity contribution in [2.45, 2.75) is 26.2 Å². The molecule has 128 valence electrons. The molecule has 24 heavy (non-hydrogen) atoms.